The van der Waals surface area contributed by atoms with E-state index in [4.69, 9.17) is 15.2 Å². The molecule has 1 aliphatic heterocycles. The average molecular weight is 912 g/mol. The SMILES string of the molecule is CC[C@H](C)[C@@H]([C@@H](CC(=O)N1CCC[C@H]1[C@H](OC)[C@@H](C)C(=O)C[C@@H](Cc1ccccc1)C(=O)NS(=O)(=O)c1ccc(CN)cc1)OC)N(C)C(=O)[C@@H](CC(=O)[C@H](C(C)C)N(C)C)C(C)C. The molecule has 358 valence electrons. The number of sulfonamides is 1. The molecule has 1 heterocycles. The van der Waals surface area contributed by atoms with E-state index >= 15 is 0 Å². The second-order valence-electron chi connectivity index (χ2n) is 18.6. The lowest BCUT2D eigenvalue weighted by Gasteiger charge is -2.41. The molecule has 0 radical (unpaired) electrons. The molecule has 2 aromatic carbocycles. The number of hydrogen-bond donors (Lipinski definition) is 2. The third kappa shape index (κ3) is 14.2. The first-order chi connectivity index (χ1) is 30.1. The molecule has 3 N–H and O–H groups in total. The number of hydrogen-bond acceptors (Lipinski definition) is 11. The molecule has 9 atom stereocenters. The van der Waals surface area contributed by atoms with Gasteiger partial charge >= 0.3 is 0 Å². The van der Waals surface area contributed by atoms with E-state index < -0.39 is 58.0 Å². The maximum atomic E-state index is 14.4. The molecule has 1 aliphatic rings. The summed E-state index contributed by atoms with van der Waals surface area (Å²) in [4.78, 5) is 75.7. The van der Waals surface area contributed by atoms with E-state index in [2.05, 4.69) is 4.72 Å². The number of rotatable bonds is 26. The zero-order chi connectivity index (χ0) is 48.1. The second-order valence-corrected chi connectivity index (χ2v) is 20.3. The van der Waals surface area contributed by atoms with Gasteiger partial charge in [0.2, 0.25) is 17.7 Å². The van der Waals surface area contributed by atoms with E-state index in [0.29, 0.717) is 25.8 Å². The molecule has 2 aromatic rings. The highest BCUT2D eigenvalue weighted by Gasteiger charge is 2.43. The van der Waals surface area contributed by atoms with Crippen molar-refractivity contribution in [3.05, 3.63) is 65.7 Å². The van der Waals surface area contributed by atoms with Crippen LogP contribution < -0.4 is 10.5 Å². The van der Waals surface area contributed by atoms with E-state index in [1.807, 2.05) is 90.9 Å². The van der Waals surface area contributed by atoms with Crippen LogP contribution in [0.2, 0.25) is 0 Å². The molecule has 64 heavy (non-hydrogen) atoms. The maximum Gasteiger partial charge on any atom is 0.264 e. The lowest BCUT2D eigenvalue weighted by molar-refractivity contribution is -0.149. The number of amides is 3. The van der Waals surface area contributed by atoms with Gasteiger partial charge in [-0.1, -0.05) is 97.4 Å². The Kier molecular flexibility index (Phi) is 21.3. The Morgan fingerprint density at radius 2 is 1.45 bits per heavy atom. The van der Waals surface area contributed by atoms with Crippen LogP contribution in [-0.2, 0) is 56.4 Å². The highest BCUT2D eigenvalue weighted by Crippen LogP contribution is 2.32. The van der Waals surface area contributed by atoms with Crippen molar-refractivity contribution in [2.45, 2.75) is 135 Å². The Hall–Kier alpha value is -4.02. The summed E-state index contributed by atoms with van der Waals surface area (Å²) in [5, 5.41) is 0. The molecule has 15 heteroatoms. The number of likely N-dealkylation sites (tertiary alicyclic amines) is 1. The monoisotopic (exact) mass is 912 g/mol. The topological polar surface area (TPSA) is 186 Å². The van der Waals surface area contributed by atoms with Crippen LogP contribution in [0.3, 0.4) is 0 Å². The van der Waals surface area contributed by atoms with Crippen molar-refractivity contribution in [2.75, 3.05) is 41.9 Å². The molecule has 0 aliphatic carbocycles. The van der Waals surface area contributed by atoms with Crippen molar-refractivity contribution in [3.8, 4) is 0 Å². The number of nitrogens with one attached hydrogen (secondary N) is 1. The van der Waals surface area contributed by atoms with Gasteiger partial charge < -0.3 is 25.0 Å². The van der Waals surface area contributed by atoms with Crippen LogP contribution in [0.15, 0.2) is 59.5 Å². The van der Waals surface area contributed by atoms with Gasteiger partial charge in [-0.15, -0.1) is 0 Å². The number of carbonyl (C=O) groups is 5. The lowest BCUT2D eigenvalue weighted by atomic mass is 9.83. The van der Waals surface area contributed by atoms with Gasteiger partial charge in [-0.3, -0.25) is 28.9 Å². The fourth-order valence-electron chi connectivity index (χ4n) is 9.47. The Labute approximate surface area is 383 Å². The summed E-state index contributed by atoms with van der Waals surface area (Å²) in [5.41, 5.74) is 7.17. The molecule has 14 nitrogen and oxygen atoms in total. The zero-order valence-corrected chi connectivity index (χ0v) is 41.2. The summed E-state index contributed by atoms with van der Waals surface area (Å²) in [5.74, 6) is -3.86. The number of benzene rings is 2. The molecule has 3 rings (SSSR count). The fourth-order valence-corrected chi connectivity index (χ4v) is 10.5. The highest BCUT2D eigenvalue weighted by molar-refractivity contribution is 7.90. The van der Waals surface area contributed by atoms with Crippen LogP contribution in [0.5, 0.6) is 0 Å². The first-order valence-corrected chi connectivity index (χ1v) is 24.3. The largest absolute Gasteiger partial charge is 0.379 e. The van der Waals surface area contributed by atoms with Crippen molar-refractivity contribution in [1.82, 2.24) is 19.4 Å². The predicted octanol–water partition coefficient (Wildman–Crippen LogP) is 5.51. The highest BCUT2D eigenvalue weighted by atomic mass is 32.2. The van der Waals surface area contributed by atoms with Crippen molar-refractivity contribution >= 4 is 39.3 Å². The number of ketones is 2. The Balaban J connectivity index is 1.83. The smallest absolute Gasteiger partial charge is 0.264 e. The standard InChI is InChI=1S/C49H77N5O9S/c1-13-33(6)46(53(10)49(59)39(31(2)3)28-42(56)45(32(4)5)52(8)9)43(62-11)29-44(57)54-25-17-20-40(54)47(63-12)34(7)41(55)27-37(26-35-18-15-14-16-19-35)48(58)51-64(60,61)38-23-21-36(30-50)22-24-38/h14-16,18-19,21-24,31-34,37,39-40,43,45-47H,13,17,20,25-30,50H2,1-12H3,(H,51,58)/t33-,34-,37+,39-,40-,43+,45-,46-,47+/m0/s1. The Morgan fingerprint density at radius 1 is 0.828 bits per heavy atom. The first kappa shape index (κ1) is 54.3. The van der Waals surface area contributed by atoms with Gasteiger partial charge in [0.15, 0.2) is 5.78 Å². The Morgan fingerprint density at radius 3 is 1.97 bits per heavy atom. The van der Waals surface area contributed by atoms with E-state index in [1.54, 1.807) is 43.0 Å². The number of Topliss-reactive ketones (excluding diaryl/α,β-unsaturated/α-hetero) is 2. The number of methoxy groups -OCH3 is 2. The van der Waals surface area contributed by atoms with Gasteiger partial charge in [0.25, 0.3) is 10.0 Å². The van der Waals surface area contributed by atoms with Gasteiger partial charge in [0.05, 0.1) is 41.6 Å². The molecular formula is C49H77N5O9S. The summed E-state index contributed by atoms with van der Waals surface area (Å²) in [6, 6.07) is 13.8. The minimum atomic E-state index is -4.25. The lowest BCUT2D eigenvalue weighted by Crippen LogP contribution is -2.54. The van der Waals surface area contributed by atoms with Crippen LogP contribution in [0.4, 0.5) is 0 Å². The normalized spacial score (nSPS) is 18.2. The molecule has 0 spiro atoms. The molecular weight excluding hydrogens is 835 g/mol. The predicted molar refractivity (Wildman–Crippen MR) is 249 cm³/mol. The molecule has 0 saturated carbocycles. The quantitative estimate of drug-likeness (QED) is 0.121. The van der Waals surface area contributed by atoms with Gasteiger partial charge in [-0.2, -0.15) is 0 Å². The molecule has 3 amide bonds. The summed E-state index contributed by atoms with van der Waals surface area (Å²) < 4.78 is 40.9. The second kappa shape index (κ2) is 25.0. The first-order valence-electron chi connectivity index (χ1n) is 22.9. The van der Waals surface area contributed by atoms with E-state index in [-0.39, 0.29) is 84.3 Å². The molecule has 1 fully saturated rings. The number of likely N-dealkylation sites (N-methyl/N-ethyl adjacent to an activating group) is 2. The van der Waals surface area contributed by atoms with E-state index in [0.717, 1.165) is 11.1 Å². The van der Waals surface area contributed by atoms with Gasteiger partial charge in [0.1, 0.15) is 5.78 Å². The van der Waals surface area contributed by atoms with Gasteiger partial charge in [-0.25, -0.2) is 13.1 Å². The number of ether oxygens (including phenoxy) is 2. The van der Waals surface area contributed by atoms with Crippen molar-refractivity contribution in [2.24, 2.45) is 41.2 Å². The molecule has 0 aromatic heterocycles. The summed E-state index contributed by atoms with van der Waals surface area (Å²) >= 11 is 0. The van der Waals surface area contributed by atoms with Gasteiger partial charge in [-0.05, 0) is 74.4 Å². The Bertz CT molecular complexity index is 1930. The molecule has 1 saturated heterocycles. The van der Waals surface area contributed by atoms with E-state index in [9.17, 15) is 32.4 Å². The van der Waals surface area contributed by atoms with Crippen LogP contribution in [0, 0.1) is 35.5 Å². The summed E-state index contributed by atoms with van der Waals surface area (Å²) in [6.07, 6.45) is 0.526. The van der Waals surface area contributed by atoms with Gasteiger partial charge in [0, 0.05) is 65.0 Å². The van der Waals surface area contributed by atoms with E-state index in [1.165, 1.54) is 19.2 Å². The zero-order valence-electron chi connectivity index (χ0n) is 40.4. The van der Waals surface area contributed by atoms with Crippen LogP contribution >= 0.6 is 0 Å². The van der Waals surface area contributed by atoms with Crippen LogP contribution in [-0.4, -0.2) is 125 Å². The maximum absolute atomic E-state index is 14.4. The number of carbonyl (C=O) groups excluding carboxylic acids is 5. The third-order valence-corrected chi connectivity index (χ3v) is 14.6. The fraction of sp³-hybridized carbons (Fsp3) is 0.653. The minimum Gasteiger partial charge on any atom is -0.379 e. The summed E-state index contributed by atoms with van der Waals surface area (Å²) in [6.45, 7) is 14.4. The third-order valence-electron chi connectivity index (χ3n) is 13.3. The van der Waals surface area contributed by atoms with Crippen LogP contribution in [0.25, 0.3) is 0 Å². The molecule has 0 unspecified atom stereocenters. The number of nitrogens with two attached hydrogens (primary N) is 1. The molecule has 0 bridgehead atoms. The van der Waals surface area contributed by atoms with Crippen LogP contribution in [0.1, 0.15) is 98.1 Å². The average Bonchev–Trinajstić information content (AvgIpc) is 3.74. The van der Waals surface area contributed by atoms with Crippen molar-refractivity contribution in [1.29, 1.82) is 0 Å². The summed E-state index contributed by atoms with van der Waals surface area (Å²) in [7, 11) is 4.30. The van der Waals surface area contributed by atoms with Crippen molar-refractivity contribution in [3.63, 3.8) is 0 Å². The minimum absolute atomic E-state index is 0.0208. The number of nitrogens with zero attached hydrogens (tertiary/aromatic N) is 3. The van der Waals surface area contributed by atoms with Crippen molar-refractivity contribution < 1.29 is 41.9 Å².